The highest BCUT2D eigenvalue weighted by atomic mass is 32.2. The Labute approximate surface area is 202 Å². The minimum atomic E-state index is -3.58. The topological polar surface area (TPSA) is 103 Å². The van der Waals surface area contributed by atoms with Gasteiger partial charge in [-0.3, -0.25) is 14.0 Å². The summed E-state index contributed by atoms with van der Waals surface area (Å²) in [5, 5.41) is -0.310. The molecule has 0 atom stereocenters. The van der Waals surface area contributed by atoms with E-state index in [2.05, 4.69) is 11.9 Å². The highest BCUT2D eigenvalue weighted by Crippen LogP contribution is 2.28. The summed E-state index contributed by atoms with van der Waals surface area (Å²) in [5.41, 5.74) is 1.10. The molecule has 9 nitrogen and oxygen atoms in total. The van der Waals surface area contributed by atoms with E-state index in [1.165, 1.54) is 28.5 Å². The molecule has 10 heteroatoms. The predicted molar refractivity (Wildman–Crippen MR) is 132 cm³/mol. The smallest absolute Gasteiger partial charge is 0.270 e. The molecule has 0 saturated carbocycles. The van der Waals surface area contributed by atoms with E-state index in [4.69, 9.17) is 4.74 Å². The molecule has 1 saturated heterocycles. The number of carbonyl (C=O) groups excluding carboxylic acids is 1. The third kappa shape index (κ3) is 3.87. The molecular formula is C25H26N4O5S. The van der Waals surface area contributed by atoms with Crippen LogP contribution in [0.15, 0.2) is 64.4 Å². The van der Waals surface area contributed by atoms with Crippen molar-refractivity contribution in [2.24, 2.45) is 0 Å². The van der Waals surface area contributed by atoms with Crippen molar-refractivity contribution < 1.29 is 17.9 Å². The molecule has 4 aromatic rings. The number of methoxy groups -OCH3 is 1. The van der Waals surface area contributed by atoms with E-state index < -0.39 is 15.1 Å². The van der Waals surface area contributed by atoms with Gasteiger partial charge in [-0.15, -0.1) is 0 Å². The lowest BCUT2D eigenvalue weighted by molar-refractivity contribution is 0.0648. The number of fused-ring (bicyclic) bond motifs is 2. The SMILES string of the molecule is CCCCn1c(C(=O)N2CC(S(=O)(=O)c3ccc(OC)cc3)C2)cc2c(=O)n3ccccc3nc21. The van der Waals surface area contributed by atoms with E-state index >= 15 is 0 Å². The van der Waals surface area contributed by atoms with Gasteiger partial charge in [-0.2, -0.15) is 0 Å². The Morgan fingerprint density at radius 1 is 1.14 bits per heavy atom. The maximum absolute atomic E-state index is 13.4. The standard InChI is InChI=1S/C25H26N4O5S/c1-3-4-12-28-21(14-20-23(28)26-22-7-5-6-13-29(22)24(20)30)25(31)27-15-19(16-27)35(32,33)18-10-8-17(34-2)9-11-18/h5-11,13-14,19H,3-4,12,15-16H2,1-2H3. The van der Waals surface area contributed by atoms with Crippen LogP contribution in [0.2, 0.25) is 0 Å². The van der Waals surface area contributed by atoms with Crippen LogP contribution in [0, 0.1) is 0 Å². The van der Waals surface area contributed by atoms with E-state index in [9.17, 15) is 18.0 Å². The number of hydrogen-bond acceptors (Lipinski definition) is 6. The first-order chi connectivity index (χ1) is 16.8. The van der Waals surface area contributed by atoms with Crippen molar-refractivity contribution in [2.75, 3.05) is 20.2 Å². The molecule has 1 aliphatic rings. The molecule has 5 rings (SSSR count). The van der Waals surface area contributed by atoms with Crippen molar-refractivity contribution in [3.05, 3.63) is 70.8 Å². The zero-order valence-electron chi connectivity index (χ0n) is 19.5. The van der Waals surface area contributed by atoms with Crippen molar-refractivity contribution in [2.45, 2.75) is 36.5 Å². The van der Waals surface area contributed by atoms with Crippen LogP contribution in [0.1, 0.15) is 30.3 Å². The first-order valence-electron chi connectivity index (χ1n) is 11.5. The van der Waals surface area contributed by atoms with Gasteiger partial charge in [0.25, 0.3) is 11.5 Å². The second-order valence-corrected chi connectivity index (χ2v) is 10.9. The number of aryl methyl sites for hydroxylation is 1. The monoisotopic (exact) mass is 494 g/mol. The van der Waals surface area contributed by atoms with E-state index in [1.54, 1.807) is 41.1 Å². The second kappa shape index (κ2) is 8.84. The Morgan fingerprint density at radius 3 is 2.57 bits per heavy atom. The van der Waals surface area contributed by atoms with E-state index in [-0.39, 0.29) is 29.5 Å². The van der Waals surface area contributed by atoms with Gasteiger partial charge in [0.05, 0.1) is 17.4 Å². The molecular weight excluding hydrogens is 468 g/mol. The molecule has 0 radical (unpaired) electrons. The zero-order chi connectivity index (χ0) is 24.7. The number of ether oxygens (including phenoxy) is 1. The molecule has 182 valence electrons. The number of pyridine rings is 1. The van der Waals surface area contributed by atoms with Crippen LogP contribution in [-0.2, 0) is 16.4 Å². The molecule has 0 bridgehead atoms. The lowest BCUT2D eigenvalue weighted by Crippen LogP contribution is -2.57. The number of sulfone groups is 1. The number of aromatic nitrogens is 3. The molecule has 0 spiro atoms. The minimum absolute atomic E-state index is 0.0941. The Morgan fingerprint density at radius 2 is 1.89 bits per heavy atom. The maximum atomic E-state index is 13.4. The Balaban J connectivity index is 1.45. The quantitative estimate of drug-likeness (QED) is 0.391. The summed E-state index contributed by atoms with van der Waals surface area (Å²) in [6, 6.07) is 13.2. The van der Waals surface area contributed by atoms with Crippen LogP contribution in [0.4, 0.5) is 0 Å². The highest BCUT2D eigenvalue weighted by molar-refractivity contribution is 7.92. The second-order valence-electron chi connectivity index (χ2n) is 8.67. The van der Waals surface area contributed by atoms with Crippen LogP contribution in [0.25, 0.3) is 16.7 Å². The van der Waals surface area contributed by atoms with Gasteiger partial charge in [-0.1, -0.05) is 19.4 Å². The van der Waals surface area contributed by atoms with Gasteiger partial charge in [0.2, 0.25) is 0 Å². The normalized spacial score (nSPS) is 14.4. The molecule has 35 heavy (non-hydrogen) atoms. The Kier molecular flexibility index (Phi) is 5.84. The van der Waals surface area contributed by atoms with Gasteiger partial charge >= 0.3 is 0 Å². The Hall–Kier alpha value is -3.66. The predicted octanol–water partition coefficient (Wildman–Crippen LogP) is 2.76. The fourth-order valence-corrected chi connectivity index (χ4v) is 6.04. The number of benzene rings is 1. The van der Waals surface area contributed by atoms with Crippen molar-refractivity contribution >= 4 is 32.4 Å². The highest BCUT2D eigenvalue weighted by Gasteiger charge is 2.41. The summed E-state index contributed by atoms with van der Waals surface area (Å²) in [5.74, 6) is 0.278. The summed E-state index contributed by atoms with van der Waals surface area (Å²) in [4.78, 5) is 32.9. The van der Waals surface area contributed by atoms with Crippen molar-refractivity contribution in [3.63, 3.8) is 0 Å². The molecule has 0 aliphatic carbocycles. The van der Waals surface area contributed by atoms with Gasteiger partial charge in [-0.05, 0) is 48.9 Å². The van der Waals surface area contributed by atoms with Crippen LogP contribution < -0.4 is 10.3 Å². The fourth-order valence-electron chi connectivity index (χ4n) is 4.39. The minimum Gasteiger partial charge on any atom is -0.497 e. The molecule has 3 aromatic heterocycles. The summed E-state index contributed by atoms with van der Waals surface area (Å²) in [6.07, 6.45) is 3.37. The number of carbonyl (C=O) groups is 1. The molecule has 1 aliphatic heterocycles. The number of rotatable bonds is 7. The number of amides is 1. The molecule has 1 amide bonds. The molecule has 0 N–H and O–H groups in total. The van der Waals surface area contributed by atoms with Crippen LogP contribution in [0.5, 0.6) is 5.75 Å². The third-order valence-corrected chi connectivity index (χ3v) is 8.60. The summed E-state index contributed by atoms with van der Waals surface area (Å²) < 4.78 is 34.4. The largest absolute Gasteiger partial charge is 0.497 e. The average molecular weight is 495 g/mol. The van der Waals surface area contributed by atoms with Gasteiger partial charge in [0, 0.05) is 25.8 Å². The van der Waals surface area contributed by atoms with Crippen molar-refractivity contribution in [1.29, 1.82) is 0 Å². The summed E-state index contributed by atoms with van der Waals surface area (Å²) in [7, 11) is -2.06. The first-order valence-corrected chi connectivity index (χ1v) is 13.1. The molecule has 4 heterocycles. The number of hydrogen-bond donors (Lipinski definition) is 0. The van der Waals surface area contributed by atoms with Gasteiger partial charge in [0.15, 0.2) is 9.84 Å². The van der Waals surface area contributed by atoms with E-state index in [0.717, 1.165) is 12.8 Å². The summed E-state index contributed by atoms with van der Waals surface area (Å²) >= 11 is 0. The number of unbranched alkanes of at least 4 members (excludes halogenated alkanes) is 1. The number of nitrogens with zero attached hydrogens (tertiary/aromatic N) is 4. The lowest BCUT2D eigenvalue weighted by atomic mass is 10.2. The van der Waals surface area contributed by atoms with Crippen LogP contribution in [0.3, 0.4) is 0 Å². The van der Waals surface area contributed by atoms with Crippen molar-refractivity contribution in [1.82, 2.24) is 18.9 Å². The Bertz CT molecular complexity index is 1580. The maximum Gasteiger partial charge on any atom is 0.270 e. The zero-order valence-corrected chi connectivity index (χ0v) is 20.4. The van der Waals surface area contributed by atoms with Crippen LogP contribution >= 0.6 is 0 Å². The fraction of sp³-hybridized carbons (Fsp3) is 0.320. The summed E-state index contributed by atoms with van der Waals surface area (Å²) in [6.45, 7) is 2.78. The van der Waals surface area contributed by atoms with E-state index in [0.29, 0.717) is 34.7 Å². The van der Waals surface area contributed by atoms with Gasteiger partial charge in [0.1, 0.15) is 28.0 Å². The molecule has 1 aromatic carbocycles. The first kappa shape index (κ1) is 23.1. The van der Waals surface area contributed by atoms with Crippen molar-refractivity contribution in [3.8, 4) is 5.75 Å². The lowest BCUT2D eigenvalue weighted by Gasteiger charge is -2.38. The van der Waals surface area contributed by atoms with Crippen LogP contribution in [-0.4, -0.2) is 58.6 Å². The average Bonchev–Trinajstić information content (AvgIpc) is 3.20. The molecule has 0 unspecified atom stereocenters. The number of likely N-dealkylation sites (tertiary alicyclic amines) is 1. The van der Waals surface area contributed by atoms with E-state index in [1.807, 2.05) is 6.07 Å². The third-order valence-electron chi connectivity index (χ3n) is 6.49. The molecule has 1 fully saturated rings. The van der Waals surface area contributed by atoms with Gasteiger partial charge < -0.3 is 14.2 Å². The van der Waals surface area contributed by atoms with Gasteiger partial charge in [-0.25, -0.2) is 13.4 Å².